The Bertz CT molecular complexity index is 178. The van der Waals surface area contributed by atoms with Crippen LogP contribution in [0.5, 0.6) is 0 Å². The lowest BCUT2D eigenvalue weighted by atomic mass is 10.2. The fraction of sp³-hybridized carbons (Fsp3) is 0.889. The molecule has 1 saturated carbocycles. The van der Waals surface area contributed by atoms with Crippen LogP contribution in [0.4, 0.5) is 0 Å². The minimum atomic E-state index is 0.598. The number of guanidine groups is 1. The summed E-state index contributed by atoms with van der Waals surface area (Å²) >= 11 is 0. The molecule has 0 amide bonds. The SMILES string of the molecule is CCCC1CC1NC(=NCC)NN. The fourth-order valence-corrected chi connectivity index (χ4v) is 1.58. The first-order valence-corrected chi connectivity index (χ1v) is 5.09. The molecule has 1 aliphatic carbocycles. The van der Waals surface area contributed by atoms with E-state index in [0.29, 0.717) is 6.04 Å². The molecule has 0 aliphatic heterocycles. The average molecular weight is 184 g/mol. The van der Waals surface area contributed by atoms with Crippen LogP contribution in [0.3, 0.4) is 0 Å². The third-order valence-electron chi connectivity index (χ3n) is 2.36. The van der Waals surface area contributed by atoms with Crippen LogP contribution in [0.2, 0.25) is 0 Å². The molecule has 0 aromatic carbocycles. The van der Waals surface area contributed by atoms with Gasteiger partial charge in [-0.25, -0.2) is 5.84 Å². The van der Waals surface area contributed by atoms with Crippen LogP contribution in [0.15, 0.2) is 4.99 Å². The van der Waals surface area contributed by atoms with Gasteiger partial charge in [-0.05, 0) is 25.7 Å². The van der Waals surface area contributed by atoms with Gasteiger partial charge in [0.2, 0.25) is 5.96 Å². The summed E-state index contributed by atoms with van der Waals surface area (Å²) in [6.45, 7) is 4.98. The van der Waals surface area contributed by atoms with Crippen molar-refractivity contribution in [2.45, 2.75) is 39.2 Å². The highest BCUT2D eigenvalue weighted by atomic mass is 15.3. The van der Waals surface area contributed by atoms with Gasteiger partial charge < -0.3 is 5.32 Å². The molecule has 76 valence electrons. The first-order valence-electron chi connectivity index (χ1n) is 5.09. The summed E-state index contributed by atoms with van der Waals surface area (Å²) in [5.41, 5.74) is 2.58. The molecule has 13 heavy (non-hydrogen) atoms. The first kappa shape index (κ1) is 10.3. The maximum atomic E-state index is 5.31. The molecule has 0 aromatic heterocycles. The lowest BCUT2D eigenvalue weighted by Gasteiger charge is -2.07. The summed E-state index contributed by atoms with van der Waals surface area (Å²) in [7, 11) is 0. The first-order chi connectivity index (χ1) is 6.31. The second kappa shape index (κ2) is 5.07. The Morgan fingerprint density at radius 3 is 2.85 bits per heavy atom. The predicted molar refractivity (Wildman–Crippen MR) is 55.2 cm³/mol. The maximum absolute atomic E-state index is 5.31. The topological polar surface area (TPSA) is 62.4 Å². The minimum absolute atomic E-state index is 0.598. The summed E-state index contributed by atoms with van der Waals surface area (Å²) in [5.74, 6) is 6.87. The fourth-order valence-electron chi connectivity index (χ4n) is 1.58. The van der Waals surface area contributed by atoms with E-state index < -0.39 is 0 Å². The molecule has 4 heteroatoms. The highest BCUT2D eigenvalue weighted by molar-refractivity contribution is 5.79. The molecule has 1 fully saturated rings. The number of nitrogens with one attached hydrogen (secondary N) is 2. The monoisotopic (exact) mass is 184 g/mol. The van der Waals surface area contributed by atoms with E-state index >= 15 is 0 Å². The largest absolute Gasteiger partial charge is 0.352 e. The zero-order valence-corrected chi connectivity index (χ0v) is 8.51. The van der Waals surface area contributed by atoms with E-state index in [1.165, 1.54) is 19.3 Å². The van der Waals surface area contributed by atoms with Gasteiger partial charge in [0.1, 0.15) is 0 Å². The lowest BCUT2D eigenvalue weighted by molar-refractivity contribution is 0.656. The van der Waals surface area contributed by atoms with E-state index in [1.54, 1.807) is 0 Å². The third-order valence-corrected chi connectivity index (χ3v) is 2.36. The Morgan fingerprint density at radius 1 is 1.54 bits per heavy atom. The third kappa shape index (κ3) is 3.22. The normalized spacial score (nSPS) is 27.2. The second-order valence-electron chi connectivity index (χ2n) is 3.50. The van der Waals surface area contributed by atoms with Crippen LogP contribution in [0.1, 0.15) is 33.1 Å². The van der Waals surface area contributed by atoms with Crippen LogP contribution in [0, 0.1) is 5.92 Å². The summed E-state index contributed by atoms with van der Waals surface area (Å²) in [5, 5.41) is 3.29. The van der Waals surface area contributed by atoms with E-state index in [9.17, 15) is 0 Å². The Kier molecular flexibility index (Phi) is 4.02. The number of hydrogen-bond donors (Lipinski definition) is 3. The van der Waals surface area contributed by atoms with Gasteiger partial charge in [0.05, 0.1) is 0 Å². The quantitative estimate of drug-likeness (QED) is 0.259. The van der Waals surface area contributed by atoms with Gasteiger partial charge in [-0.1, -0.05) is 13.3 Å². The molecule has 4 nitrogen and oxygen atoms in total. The number of nitrogens with two attached hydrogens (primary N) is 1. The number of rotatable bonds is 4. The van der Waals surface area contributed by atoms with Crippen molar-refractivity contribution >= 4 is 5.96 Å². The molecule has 1 aliphatic rings. The molecule has 4 N–H and O–H groups in total. The van der Waals surface area contributed by atoms with E-state index in [-0.39, 0.29) is 0 Å². The van der Waals surface area contributed by atoms with Crippen molar-refractivity contribution < 1.29 is 0 Å². The number of hydrazine groups is 1. The molecule has 0 aromatic rings. The average Bonchev–Trinajstić information content (AvgIpc) is 2.84. The number of hydrogen-bond acceptors (Lipinski definition) is 2. The van der Waals surface area contributed by atoms with Gasteiger partial charge in [0.15, 0.2) is 0 Å². The van der Waals surface area contributed by atoms with E-state index in [2.05, 4.69) is 22.7 Å². The minimum Gasteiger partial charge on any atom is -0.352 e. The van der Waals surface area contributed by atoms with E-state index in [0.717, 1.165) is 18.4 Å². The highest BCUT2D eigenvalue weighted by Gasteiger charge is 2.36. The summed E-state index contributed by atoms with van der Waals surface area (Å²) in [6, 6.07) is 0.598. The summed E-state index contributed by atoms with van der Waals surface area (Å²) in [6.07, 6.45) is 3.83. The van der Waals surface area contributed by atoms with Crippen LogP contribution in [-0.4, -0.2) is 18.5 Å². The zero-order valence-electron chi connectivity index (χ0n) is 8.51. The Morgan fingerprint density at radius 2 is 2.31 bits per heavy atom. The van der Waals surface area contributed by atoms with Gasteiger partial charge in [0, 0.05) is 12.6 Å². The van der Waals surface area contributed by atoms with Crippen molar-refractivity contribution in [3.8, 4) is 0 Å². The Hall–Kier alpha value is -0.770. The Balaban J connectivity index is 2.21. The number of aliphatic imine (C=N–C) groups is 1. The zero-order chi connectivity index (χ0) is 9.68. The summed E-state index contributed by atoms with van der Waals surface area (Å²) < 4.78 is 0. The maximum Gasteiger partial charge on any atom is 0.205 e. The van der Waals surface area contributed by atoms with Gasteiger partial charge in [-0.3, -0.25) is 10.4 Å². The molecule has 0 bridgehead atoms. The second-order valence-corrected chi connectivity index (χ2v) is 3.50. The number of nitrogens with zero attached hydrogens (tertiary/aromatic N) is 1. The molecule has 1 rings (SSSR count). The van der Waals surface area contributed by atoms with Crippen LogP contribution >= 0.6 is 0 Å². The molecule has 0 saturated heterocycles. The molecule has 0 heterocycles. The van der Waals surface area contributed by atoms with Crippen LogP contribution in [0.25, 0.3) is 0 Å². The van der Waals surface area contributed by atoms with Crippen LogP contribution in [-0.2, 0) is 0 Å². The van der Waals surface area contributed by atoms with E-state index in [4.69, 9.17) is 5.84 Å². The van der Waals surface area contributed by atoms with Crippen LogP contribution < -0.4 is 16.6 Å². The highest BCUT2D eigenvalue weighted by Crippen LogP contribution is 2.34. The molecular weight excluding hydrogens is 164 g/mol. The van der Waals surface area contributed by atoms with Crippen molar-refractivity contribution in [1.29, 1.82) is 0 Å². The van der Waals surface area contributed by atoms with Crippen molar-refractivity contribution in [2.75, 3.05) is 6.54 Å². The Labute approximate surface area is 80.0 Å². The smallest absolute Gasteiger partial charge is 0.205 e. The van der Waals surface area contributed by atoms with Crippen molar-refractivity contribution in [2.24, 2.45) is 16.8 Å². The molecule has 0 radical (unpaired) electrons. The molecular formula is C9H20N4. The van der Waals surface area contributed by atoms with Crippen molar-refractivity contribution in [1.82, 2.24) is 10.7 Å². The molecule has 0 spiro atoms. The molecule has 2 unspecified atom stereocenters. The van der Waals surface area contributed by atoms with Crippen molar-refractivity contribution in [3.63, 3.8) is 0 Å². The summed E-state index contributed by atoms with van der Waals surface area (Å²) in [4.78, 5) is 4.19. The lowest BCUT2D eigenvalue weighted by Crippen LogP contribution is -2.43. The van der Waals surface area contributed by atoms with Gasteiger partial charge >= 0.3 is 0 Å². The van der Waals surface area contributed by atoms with E-state index in [1.807, 2.05) is 6.92 Å². The van der Waals surface area contributed by atoms with Gasteiger partial charge in [-0.2, -0.15) is 0 Å². The predicted octanol–water partition coefficient (Wildman–Crippen LogP) is 0.604. The van der Waals surface area contributed by atoms with Gasteiger partial charge in [0.25, 0.3) is 0 Å². The van der Waals surface area contributed by atoms with Gasteiger partial charge in [-0.15, -0.1) is 0 Å². The standard InChI is InChI=1S/C9H20N4/c1-3-5-7-6-8(7)12-9(13-10)11-4-2/h7-8H,3-6,10H2,1-2H3,(H2,11,12,13). The molecule has 2 atom stereocenters. The van der Waals surface area contributed by atoms with Crippen molar-refractivity contribution in [3.05, 3.63) is 0 Å².